The molecule has 136 valence electrons. The summed E-state index contributed by atoms with van der Waals surface area (Å²) >= 11 is 0. The molecule has 0 saturated carbocycles. The molecule has 2 aromatic carbocycles. The van der Waals surface area contributed by atoms with Crippen LogP contribution in [-0.4, -0.2) is 43.2 Å². The summed E-state index contributed by atoms with van der Waals surface area (Å²) in [6.07, 6.45) is 1.47. The van der Waals surface area contributed by atoms with E-state index in [1.165, 1.54) is 11.9 Å². The molecule has 0 unspecified atom stereocenters. The van der Waals surface area contributed by atoms with Gasteiger partial charge in [-0.25, -0.2) is 0 Å². The molecular weight excluding hydrogens is 332 g/mol. The van der Waals surface area contributed by atoms with Gasteiger partial charge < -0.3 is 15.0 Å². The molecule has 2 amide bonds. The van der Waals surface area contributed by atoms with Crippen molar-refractivity contribution in [3.63, 3.8) is 0 Å². The fraction of sp³-hybridized carbons (Fsp3) is 0.250. The topological polar surface area (TPSA) is 75.7 Å². The predicted molar refractivity (Wildman–Crippen MR) is 99.4 cm³/mol. The van der Waals surface area contributed by atoms with Crippen molar-refractivity contribution in [2.75, 3.05) is 25.5 Å². The first-order chi connectivity index (χ1) is 12.5. The molecule has 0 aromatic heterocycles. The van der Waals surface area contributed by atoms with Crippen molar-refractivity contribution in [1.82, 2.24) is 4.90 Å². The molecule has 0 saturated heterocycles. The highest BCUT2D eigenvalue weighted by atomic mass is 16.5. The Morgan fingerprint density at radius 3 is 2.54 bits per heavy atom. The van der Waals surface area contributed by atoms with Gasteiger partial charge in [0.15, 0.2) is 12.9 Å². The number of amides is 2. The molecule has 2 rings (SSSR count). The fourth-order valence-corrected chi connectivity index (χ4v) is 2.40. The van der Waals surface area contributed by atoms with Gasteiger partial charge in [0.1, 0.15) is 5.75 Å². The molecule has 0 spiro atoms. The largest absolute Gasteiger partial charge is 0.483 e. The van der Waals surface area contributed by atoms with Gasteiger partial charge in [0.05, 0.1) is 12.1 Å². The Bertz CT molecular complexity index is 789. The molecule has 6 heteroatoms. The van der Waals surface area contributed by atoms with E-state index in [9.17, 15) is 14.4 Å². The minimum atomic E-state index is -0.357. The quantitative estimate of drug-likeness (QED) is 0.739. The summed E-state index contributed by atoms with van der Waals surface area (Å²) in [5.74, 6) is -0.301. The molecule has 1 N–H and O–H groups in total. The Hall–Kier alpha value is -3.15. The number of rotatable bonds is 8. The lowest BCUT2D eigenvalue weighted by Gasteiger charge is -2.18. The highest BCUT2D eigenvalue weighted by molar-refractivity contribution is 5.95. The van der Waals surface area contributed by atoms with Crippen LogP contribution in [0.15, 0.2) is 48.5 Å². The molecule has 0 radical (unpaired) electrons. The number of hydrogen-bond acceptors (Lipinski definition) is 4. The monoisotopic (exact) mass is 354 g/mol. The highest BCUT2D eigenvalue weighted by Gasteiger charge is 2.15. The summed E-state index contributed by atoms with van der Waals surface area (Å²) in [6.45, 7) is 1.67. The summed E-state index contributed by atoms with van der Waals surface area (Å²) in [7, 11) is 1.53. The second-order valence-corrected chi connectivity index (χ2v) is 5.75. The lowest BCUT2D eigenvalue weighted by Crippen LogP contribution is -2.37. The first-order valence-corrected chi connectivity index (χ1v) is 8.33. The van der Waals surface area contributed by atoms with Gasteiger partial charge in [-0.3, -0.25) is 14.4 Å². The van der Waals surface area contributed by atoms with Gasteiger partial charge >= 0.3 is 0 Å². The average molecular weight is 354 g/mol. The lowest BCUT2D eigenvalue weighted by atomic mass is 10.1. The Balaban J connectivity index is 1.88. The summed E-state index contributed by atoms with van der Waals surface area (Å²) in [4.78, 5) is 36.6. The zero-order valence-electron chi connectivity index (χ0n) is 14.9. The van der Waals surface area contributed by atoms with E-state index in [4.69, 9.17) is 4.74 Å². The molecule has 0 aliphatic heterocycles. The first-order valence-electron chi connectivity index (χ1n) is 8.33. The average Bonchev–Trinajstić information content (AvgIpc) is 2.66. The molecular formula is C20H22N2O4. The van der Waals surface area contributed by atoms with E-state index in [0.29, 0.717) is 17.6 Å². The minimum absolute atomic E-state index is 0.0877. The molecule has 2 aromatic rings. The number of ether oxygens (including phenoxy) is 1. The number of aryl methyl sites for hydroxylation is 1. The summed E-state index contributed by atoms with van der Waals surface area (Å²) in [5.41, 5.74) is 2.15. The van der Waals surface area contributed by atoms with Gasteiger partial charge in [-0.1, -0.05) is 37.3 Å². The Morgan fingerprint density at radius 2 is 1.81 bits per heavy atom. The smallest absolute Gasteiger partial charge is 0.260 e. The van der Waals surface area contributed by atoms with Gasteiger partial charge in [-0.2, -0.15) is 0 Å². The molecule has 6 nitrogen and oxygen atoms in total. The third kappa shape index (κ3) is 5.17. The number of hydrogen-bond donors (Lipinski definition) is 1. The standard InChI is InChI=1S/C20H22N2O4/c1-3-15-8-4-6-10-17(15)21-19(24)12-22(2)20(25)14-26-18-11-7-5-9-16(18)13-23/h4-11,13H,3,12,14H2,1-2H3,(H,21,24). The van der Waals surface area contributed by atoms with E-state index in [2.05, 4.69) is 5.32 Å². The van der Waals surface area contributed by atoms with Crippen molar-refractivity contribution in [3.05, 3.63) is 59.7 Å². The van der Waals surface area contributed by atoms with Crippen molar-refractivity contribution in [2.24, 2.45) is 0 Å². The van der Waals surface area contributed by atoms with E-state index in [0.717, 1.165) is 17.7 Å². The second-order valence-electron chi connectivity index (χ2n) is 5.75. The normalized spacial score (nSPS) is 10.1. The van der Waals surface area contributed by atoms with Crippen LogP contribution in [0.3, 0.4) is 0 Å². The van der Waals surface area contributed by atoms with Crippen molar-refractivity contribution in [2.45, 2.75) is 13.3 Å². The molecule has 0 aliphatic rings. The number of carbonyl (C=O) groups excluding carboxylic acids is 3. The number of aldehydes is 1. The van der Waals surface area contributed by atoms with Crippen LogP contribution in [0.5, 0.6) is 5.75 Å². The highest BCUT2D eigenvalue weighted by Crippen LogP contribution is 2.16. The number of likely N-dealkylation sites (N-methyl/N-ethyl adjacent to an activating group) is 1. The molecule has 0 heterocycles. The van der Waals surface area contributed by atoms with Crippen LogP contribution in [0, 0.1) is 0 Å². The Kier molecular flexibility index (Phi) is 6.91. The van der Waals surface area contributed by atoms with Crippen molar-refractivity contribution in [1.29, 1.82) is 0 Å². The van der Waals surface area contributed by atoms with Gasteiger partial charge in [-0.05, 0) is 30.2 Å². The molecule has 0 bridgehead atoms. The van der Waals surface area contributed by atoms with Gasteiger partial charge in [0.25, 0.3) is 5.91 Å². The van der Waals surface area contributed by atoms with Crippen molar-refractivity contribution in [3.8, 4) is 5.75 Å². The second kappa shape index (κ2) is 9.36. The van der Waals surface area contributed by atoms with Crippen LogP contribution in [0.25, 0.3) is 0 Å². The number of benzene rings is 2. The van der Waals surface area contributed by atoms with Crippen LogP contribution in [0.2, 0.25) is 0 Å². The minimum Gasteiger partial charge on any atom is -0.483 e. The zero-order chi connectivity index (χ0) is 18.9. The third-order valence-electron chi connectivity index (χ3n) is 3.88. The number of anilines is 1. The van der Waals surface area contributed by atoms with Crippen LogP contribution in [0.1, 0.15) is 22.8 Å². The van der Waals surface area contributed by atoms with Crippen molar-refractivity contribution >= 4 is 23.8 Å². The fourth-order valence-electron chi connectivity index (χ4n) is 2.40. The van der Waals surface area contributed by atoms with E-state index in [1.54, 1.807) is 24.3 Å². The molecule has 0 fully saturated rings. The number of nitrogens with one attached hydrogen (secondary N) is 1. The van der Waals surface area contributed by atoms with Crippen LogP contribution < -0.4 is 10.1 Å². The molecule has 0 aliphatic carbocycles. The SMILES string of the molecule is CCc1ccccc1NC(=O)CN(C)C(=O)COc1ccccc1C=O. The van der Waals surface area contributed by atoms with Crippen molar-refractivity contribution < 1.29 is 19.1 Å². The van der Waals surface area contributed by atoms with Gasteiger partial charge in [0, 0.05) is 12.7 Å². The number of carbonyl (C=O) groups is 3. The number of nitrogens with zero attached hydrogens (tertiary/aromatic N) is 1. The van der Waals surface area contributed by atoms with E-state index < -0.39 is 0 Å². The van der Waals surface area contributed by atoms with Gasteiger partial charge in [0.2, 0.25) is 5.91 Å². The zero-order valence-corrected chi connectivity index (χ0v) is 14.9. The van der Waals surface area contributed by atoms with Gasteiger partial charge in [-0.15, -0.1) is 0 Å². The van der Waals surface area contributed by atoms with Crippen LogP contribution in [-0.2, 0) is 16.0 Å². The maximum atomic E-state index is 12.2. The van der Waals surface area contributed by atoms with E-state index >= 15 is 0 Å². The Labute approximate surface area is 152 Å². The van der Waals surface area contributed by atoms with E-state index in [1.807, 2.05) is 31.2 Å². The summed E-state index contributed by atoms with van der Waals surface area (Å²) in [6, 6.07) is 14.2. The summed E-state index contributed by atoms with van der Waals surface area (Å²) < 4.78 is 5.39. The molecule has 26 heavy (non-hydrogen) atoms. The maximum absolute atomic E-state index is 12.2. The number of para-hydroxylation sites is 2. The maximum Gasteiger partial charge on any atom is 0.260 e. The third-order valence-corrected chi connectivity index (χ3v) is 3.88. The first kappa shape index (κ1) is 19.2. The summed E-state index contributed by atoms with van der Waals surface area (Å²) in [5, 5.41) is 2.82. The molecule has 0 atom stereocenters. The van der Waals surface area contributed by atoms with Crippen LogP contribution in [0.4, 0.5) is 5.69 Å². The van der Waals surface area contributed by atoms with E-state index in [-0.39, 0.29) is 25.0 Å². The van der Waals surface area contributed by atoms with Crippen LogP contribution >= 0.6 is 0 Å². The Morgan fingerprint density at radius 1 is 1.12 bits per heavy atom. The lowest BCUT2D eigenvalue weighted by molar-refractivity contribution is -0.135. The predicted octanol–water partition coefficient (Wildman–Crippen LogP) is 2.54.